The van der Waals surface area contributed by atoms with E-state index in [-0.39, 0.29) is 24.8 Å². The third kappa shape index (κ3) is 4.71. The van der Waals surface area contributed by atoms with Crippen LogP contribution >= 0.6 is 0 Å². The molecule has 0 spiro atoms. The Morgan fingerprint density at radius 1 is 1.23 bits per heavy atom. The lowest BCUT2D eigenvalue weighted by atomic mass is 10.1. The maximum absolute atomic E-state index is 12.2. The molecular weight excluding hydrogens is 351 g/mol. The van der Waals surface area contributed by atoms with Crippen LogP contribution in [0.1, 0.15) is 11.3 Å². The SMILES string of the molecule is O=C(Cc1noc2ccccc12)NCc1ccnc(OCC(F)(F)F)c1. The number of benzene rings is 1. The van der Waals surface area contributed by atoms with E-state index in [2.05, 4.69) is 20.2 Å². The van der Waals surface area contributed by atoms with Crippen LogP contribution in [-0.2, 0) is 17.8 Å². The van der Waals surface area contributed by atoms with Crippen LogP contribution in [0.5, 0.6) is 5.88 Å². The normalized spacial score (nSPS) is 11.5. The van der Waals surface area contributed by atoms with Gasteiger partial charge in [-0.3, -0.25) is 4.79 Å². The van der Waals surface area contributed by atoms with E-state index in [0.717, 1.165) is 5.39 Å². The maximum Gasteiger partial charge on any atom is 0.422 e. The molecule has 0 radical (unpaired) electrons. The summed E-state index contributed by atoms with van der Waals surface area (Å²) in [5.74, 6) is -0.449. The minimum atomic E-state index is -4.44. The number of amides is 1. The van der Waals surface area contributed by atoms with Crippen LogP contribution in [0.2, 0.25) is 0 Å². The smallest absolute Gasteiger partial charge is 0.422 e. The molecule has 0 saturated carbocycles. The lowest BCUT2D eigenvalue weighted by molar-refractivity contribution is -0.154. The Kier molecular flexibility index (Phi) is 5.06. The van der Waals surface area contributed by atoms with Gasteiger partial charge in [-0.15, -0.1) is 0 Å². The largest absolute Gasteiger partial charge is 0.468 e. The molecule has 1 aromatic carbocycles. The number of nitrogens with zero attached hydrogens (tertiary/aromatic N) is 2. The number of halogens is 3. The van der Waals surface area contributed by atoms with Crippen molar-refractivity contribution in [3.05, 3.63) is 53.9 Å². The number of alkyl halides is 3. The molecule has 9 heteroatoms. The molecule has 0 aliphatic rings. The zero-order chi connectivity index (χ0) is 18.6. The first-order chi connectivity index (χ1) is 12.4. The van der Waals surface area contributed by atoms with Crippen LogP contribution in [-0.4, -0.2) is 28.8 Å². The number of ether oxygens (including phenoxy) is 1. The highest BCUT2D eigenvalue weighted by Gasteiger charge is 2.28. The second-order valence-corrected chi connectivity index (χ2v) is 5.49. The number of hydrogen-bond donors (Lipinski definition) is 1. The molecule has 2 heterocycles. The summed E-state index contributed by atoms with van der Waals surface area (Å²) in [6, 6.07) is 10.1. The first kappa shape index (κ1) is 17.7. The summed E-state index contributed by atoms with van der Waals surface area (Å²) < 4.78 is 46.2. The van der Waals surface area contributed by atoms with Gasteiger partial charge in [0, 0.05) is 24.2 Å². The van der Waals surface area contributed by atoms with Crippen molar-refractivity contribution in [1.29, 1.82) is 0 Å². The molecule has 0 unspecified atom stereocenters. The highest BCUT2D eigenvalue weighted by atomic mass is 19.4. The second-order valence-electron chi connectivity index (χ2n) is 5.49. The summed E-state index contributed by atoms with van der Waals surface area (Å²) in [5.41, 5.74) is 1.67. The number of nitrogens with one attached hydrogen (secondary N) is 1. The number of carbonyl (C=O) groups is 1. The molecule has 1 N–H and O–H groups in total. The molecule has 26 heavy (non-hydrogen) atoms. The maximum atomic E-state index is 12.2. The lowest BCUT2D eigenvalue weighted by Crippen LogP contribution is -2.25. The number of carbonyl (C=O) groups excluding carboxylic acids is 1. The standard InChI is InChI=1S/C17H14F3N3O3/c18-17(19,20)10-25-16-7-11(5-6-21-16)9-22-15(24)8-13-12-3-1-2-4-14(12)26-23-13/h1-7H,8-10H2,(H,22,24). The quantitative estimate of drug-likeness (QED) is 0.727. The average Bonchev–Trinajstić information content (AvgIpc) is 3.01. The van der Waals surface area contributed by atoms with E-state index < -0.39 is 12.8 Å². The highest BCUT2D eigenvalue weighted by Crippen LogP contribution is 2.19. The van der Waals surface area contributed by atoms with E-state index >= 15 is 0 Å². The minimum absolute atomic E-state index is 0.0273. The zero-order valence-electron chi connectivity index (χ0n) is 13.4. The highest BCUT2D eigenvalue weighted by molar-refractivity contribution is 5.86. The minimum Gasteiger partial charge on any atom is -0.468 e. The summed E-state index contributed by atoms with van der Waals surface area (Å²) in [6.07, 6.45) is -3.09. The topological polar surface area (TPSA) is 77.3 Å². The van der Waals surface area contributed by atoms with Gasteiger partial charge in [0.1, 0.15) is 5.69 Å². The van der Waals surface area contributed by atoms with E-state index in [0.29, 0.717) is 16.8 Å². The van der Waals surface area contributed by atoms with Crippen molar-refractivity contribution in [2.24, 2.45) is 0 Å². The van der Waals surface area contributed by atoms with E-state index in [1.165, 1.54) is 12.3 Å². The van der Waals surface area contributed by atoms with Gasteiger partial charge in [0.2, 0.25) is 11.8 Å². The lowest BCUT2D eigenvalue weighted by Gasteiger charge is -2.09. The molecular formula is C17H14F3N3O3. The Morgan fingerprint density at radius 2 is 2.04 bits per heavy atom. The van der Waals surface area contributed by atoms with Crippen LogP contribution in [0, 0.1) is 0 Å². The van der Waals surface area contributed by atoms with E-state index in [9.17, 15) is 18.0 Å². The van der Waals surface area contributed by atoms with Crippen molar-refractivity contribution >= 4 is 16.9 Å². The fraction of sp³-hybridized carbons (Fsp3) is 0.235. The summed E-state index contributed by atoms with van der Waals surface area (Å²) in [6.45, 7) is -1.30. The fourth-order valence-electron chi connectivity index (χ4n) is 2.28. The summed E-state index contributed by atoms with van der Waals surface area (Å²) >= 11 is 0. The molecule has 1 amide bonds. The molecule has 0 saturated heterocycles. The van der Waals surface area contributed by atoms with Gasteiger partial charge in [-0.05, 0) is 23.8 Å². The average molecular weight is 365 g/mol. The monoisotopic (exact) mass is 365 g/mol. The van der Waals surface area contributed by atoms with E-state index in [4.69, 9.17) is 4.52 Å². The summed E-state index contributed by atoms with van der Waals surface area (Å²) in [5, 5.41) is 7.31. The van der Waals surface area contributed by atoms with Gasteiger partial charge in [0.15, 0.2) is 12.2 Å². The molecule has 0 bridgehead atoms. The number of pyridine rings is 1. The molecule has 136 valence electrons. The first-order valence-electron chi connectivity index (χ1n) is 7.65. The van der Waals surface area contributed by atoms with Crippen molar-refractivity contribution in [3.8, 4) is 5.88 Å². The molecule has 0 aliphatic carbocycles. The molecule has 0 fully saturated rings. The van der Waals surface area contributed by atoms with Crippen molar-refractivity contribution in [2.75, 3.05) is 6.61 Å². The molecule has 2 aromatic heterocycles. The van der Waals surface area contributed by atoms with Crippen LogP contribution in [0.4, 0.5) is 13.2 Å². The van der Waals surface area contributed by atoms with E-state index in [1.807, 2.05) is 12.1 Å². The molecule has 3 aromatic rings. The Balaban J connectivity index is 1.56. The second kappa shape index (κ2) is 7.42. The van der Waals surface area contributed by atoms with Crippen LogP contribution in [0.25, 0.3) is 11.0 Å². The third-order valence-electron chi connectivity index (χ3n) is 3.45. The Hall–Kier alpha value is -3.10. The molecule has 0 atom stereocenters. The third-order valence-corrected chi connectivity index (χ3v) is 3.45. The number of para-hydroxylation sites is 1. The van der Waals surface area contributed by atoms with Gasteiger partial charge in [-0.1, -0.05) is 17.3 Å². The molecule has 6 nitrogen and oxygen atoms in total. The van der Waals surface area contributed by atoms with Crippen molar-refractivity contribution in [2.45, 2.75) is 19.1 Å². The zero-order valence-corrected chi connectivity index (χ0v) is 13.4. The number of hydrogen-bond acceptors (Lipinski definition) is 5. The first-order valence-corrected chi connectivity index (χ1v) is 7.65. The Labute approximate surface area is 146 Å². The van der Waals surface area contributed by atoms with Gasteiger partial charge >= 0.3 is 6.18 Å². The van der Waals surface area contributed by atoms with Crippen molar-refractivity contribution in [1.82, 2.24) is 15.5 Å². The summed E-state index contributed by atoms with van der Waals surface area (Å²) in [7, 11) is 0. The van der Waals surface area contributed by atoms with Gasteiger partial charge in [0.25, 0.3) is 0 Å². The van der Waals surface area contributed by atoms with Crippen LogP contribution in [0.15, 0.2) is 47.1 Å². The molecule has 3 rings (SSSR count). The van der Waals surface area contributed by atoms with E-state index in [1.54, 1.807) is 18.2 Å². The number of fused-ring (bicyclic) bond motifs is 1. The predicted molar refractivity (Wildman–Crippen MR) is 85.3 cm³/mol. The number of aromatic nitrogens is 2. The molecule has 0 aliphatic heterocycles. The van der Waals surface area contributed by atoms with Crippen molar-refractivity contribution < 1.29 is 27.2 Å². The predicted octanol–water partition coefficient (Wildman–Crippen LogP) is 3.02. The van der Waals surface area contributed by atoms with Crippen LogP contribution in [0.3, 0.4) is 0 Å². The number of rotatable bonds is 6. The van der Waals surface area contributed by atoms with Crippen molar-refractivity contribution in [3.63, 3.8) is 0 Å². The van der Waals surface area contributed by atoms with Gasteiger partial charge in [-0.2, -0.15) is 13.2 Å². The van der Waals surface area contributed by atoms with Gasteiger partial charge < -0.3 is 14.6 Å². The fourth-order valence-corrected chi connectivity index (χ4v) is 2.28. The Bertz CT molecular complexity index is 909. The summed E-state index contributed by atoms with van der Waals surface area (Å²) in [4.78, 5) is 15.8. The van der Waals surface area contributed by atoms with Gasteiger partial charge in [0.05, 0.1) is 6.42 Å². The Morgan fingerprint density at radius 3 is 2.85 bits per heavy atom. The van der Waals surface area contributed by atoms with Crippen LogP contribution < -0.4 is 10.1 Å². The van der Waals surface area contributed by atoms with Gasteiger partial charge in [-0.25, -0.2) is 4.98 Å².